The number of likely N-dealkylation sites (tertiary alicyclic amines) is 1. The van der Waals surface area contributed by atoms with E-state index in [1.165, 1.54) is 87.5 Å². The average molecular weight is 554 g/mol. The first-order chi connectivity index (χ1) is 19.2. The normalized spacial score (nSPS) is 14.7. The van der Waals surface area contributed by atoms with E-state index < -0.39 is 0 Å². The Balaban J connectivity index is 1.16. The summed E-state index contributed by atoms with van der Waals surface area (Å²) < 4.78 is 0. The quantitative estimate of drug-likeness (QED) is 0.127. The zero-order valence-corrected chi connectivity index (χ0v) is 25.0. The highest BCUT2D eigenvalue weighted by molar-refractivity contribution is 7.19. The molecule has 0 spiro atoms. The van der Waals surface area contributed by atoms with Crippen molar-refractivity contribution in [2.75, 3.05) is 23.7 Å². The fourth-order valence-corrected chi connectivity index (χ4v) is 5.86. The number of amides is 1. The Bertz CT molecular complexity index is 924. The van der Waals surface area contributed by atoms with Crippen LogP contribution in [0.4, 0.5) is 10.3 Å². The van der Waals surface area contributed by atoms with E-state index in [1.54, 1.807) is 0 Å². The summed E-state index contributed by atoms with van der Waals surface area (Å²) in [6.45, 7) is 5.43. The molecule has 1 aliphatic heterocycles. The van der Waals surface area contributed by atoms with Crippen LogP contribution in [0.5, 0.6) is 0 Å². The molecule has 7 heteroatoms. The second-order valence-corrected chi connectivity index (χ2v) is 12.0. The zero-order valence-electron chi connectivity index (χ0n) is 24.2. The number of piperidine rings is 1. The lowest BCUT2D eigenvalue weighted by atomic mass is 10.0. The fourth-order valence-electron chi connectivity index (χ4n) is 5.12. The smallest absolute Gasteiger partial charge is 0.226 e. The van der Waals surface area contributed by atoms with Gasteiger partial charge < -0.3 is 10.6 Å². The molecule has 0 atom stereocenters. The number of anilines is 2. The fraction of sp³-hybridized carbons (Fsp3) is 0.656. The van der Waals surface area contributed by atoms with Crippen LogP contribution in [-0.4, -0.2) is 40.1 Å². The first-order valence-corrected chi connectivity index (χ1v) is 16.4. The molecule has 216 valence electrons. The van der Waals surface area contributed by atoms with Gasteiger partial charge in [0.05, 0.1) is 0 Å². The van der Waals surface area contributed by atoms with Crippen molar-refractivity contribution in [3.63, 3.8) is 0 Å². The molecule has 6 nitrogen and oxygen atoms in total. The molecular formula is C32H51N5OS. The minimum atomic E-state index is 0.0459. The van der Waals surface area contributed by atoms with Gasteiger partial charge in [0, 0.05) is 32.1 Å². The molecule has 0 radical (unpaired) electrons. The molecule has 0 unspecified atom stereocenters. The van der Waals surface area contributed by atoms with Crippen LogP contribution in [0.1, 0.15) is 115 Å². The maximum absolute atomic E-state index is 12.3. The predicted molar refractivity (Wildman–Crippen MR) is 166 cm³/mol. The number of nitrogens with zero attached hydrogens (tertiary/aromatic N) is 3. The summed E-state index contributed by atoms with van der Waals surface area (Å²) in [6.07, 6.45) is 23.9. The van der Waals surface area contributed by atoms with E-state index in [9.17, 15) is 4.79 Å². The Morgan fingerprint density at radius 1 is 0.872 bits per heavy atom. The van der Waals surface area contributed by atoms with Gasteiger partial charge in [0.1, 0.15) is 0 Å². The van der Waals surface area contributed by atoms with Gasteiger partial charge in [-0.25, -0.2) is 0 Å². The third kappa shape index (κ3) is 14.1. The van der Waals surface area contributed by atoms with E-state index in [0.717, 1.165) is 50.4 Å². The van der Waals surface area contributed by atoms with Gasteiger partial charge in [0.25, 0.3) is 0 Å². The molecule has 39 heavy (non-hydrogen) atoms. The lowest BCUT2D eigenvalue weighted by Gasteiger charge is -2.32. The van der Waals surface area contributed by atoms with E-state index in [2.05, 4.69) is 75.1 Å². The maximum atomic E-state index is 12.3. The topological polar surface area (TPSA) is 70.1 Å². The molecule has 1 saturated heterocycles. The van der Waals surface area contributed by atoms with E-state index in [-0.39, 0.29) is 5.91 Å². The maximum Gasteiger partial charge on any atom is 0.226 e. The molecule has 1 aromatic carbocycles. The van der Waals surface area contributed by atoms with Gasteiger partial charge in [0.2, 0.25) is 16.2 Å². The molecular weight excluding hydrogens is 502 g/mol. The van der Waals surface area contributed by atoms with E-state index in [4.69, 9.17) is 0 Å². The van der Waals surface area contributed by atoms with Crippen molar-refractivity contribution in [1.82, 2.24) is 15.1 Å². The lowest BCUT2D eigenvalue weighted by Crippen LogP contribution is -2.38. The summed E-state index contributed by atoms with van der Waals surface area (Å²) >= 11 is 1.44. The molecule has 1 fully saturated rings. The van der Waals surface area contributed by atoms with Crippen LogP contribution < -0.4 is 10.6 Å². The monoisotopic (exact) mass is 553 g/mol. The third-order valence-corrected chi connectivity index (χ3v) is 8.27. The molecule has 1 aliphatic rings. The first-order valence-electron chi connectivity index (χ1n) is 15.5. The summed E-state index contributed by atoms with van der Waals surface area (Å²) in [7, 11) is 0. The van der Waals surface area contributed by atoms with Crippen molar-refractivity contribution in [3.8, 4) is 0 Å². The van der Waals surface area contributed by atoms with Gasteiger partial charge in [-0.05, 0) is 50.5 Å². The molecule has 0 aliphatic carbocycles. The number of carbonyl (C=O) groups is 1. The van der Waals surface area contributed by atoms with Gasteiger partial charge in [-0.1, -0.05) is 112 Å². The van der Waals surface area contributed by atoms with E-state index >= 15 is 0 Å². The second-order valence-electron chi connectivity index (χ2n) is 11.0. The number of hydrogen-bond donors (Lipinski definition) is 2. The number of hydrogen-bond acceptors (Lipinski definition) is 6. The molecule has 1 aromatic heterocycles. The summed E-state index contributed by atoms with van der Waals surface area (Å²) in [6, 6.07) is 11.1. The van der Waals surface area contributed by atoms with Crippen LogP contribution in [0.3, 0.4) is 0 Å². The van der Waals surface area contributed by atoms with Crippen LogP contribution in [0.25, 0.3) is 0 Å². The Morgan fingerprint density at radius 3 is 2.18 bits per heavy atom. The lowest BCUT2D eigenvalue weighted by molar-refractivity contribution is -0.116. The highest BCUT2D eigenvalue weighted by Crippen LogP contribution is 2.24. The Hall–Kier alpha value is -2.25. The summed E-state index contributed by atoms with van der Waals surface area (Å²) in [4.78, 5) is 14.8. The number of nitrogens with one attached hydrogen (secondary N) is 2. The van der Waals surface area contributed by atoms with E-state index in [0.29, 0.717) is 17.6 Å². The summed E-state index contributed by atoms with van der Waals surface area (Å²) in [5.41, 5.74) is 1.37. The van der Waals surface area contributed by atoms with Crippen molar-refractivity contribution in [3.05, 3.63) is 48.0 Å². The highest BCUT2D eigenvalue weighted by Gasteiger charge is 2.20. The average Bonchev–Trinajstić information content (AvgIpc) is 3.39. The molecule has 0 saturated carbocycles. The minimum absolute atomic E-state index is 0.0459. The number of carbonyl (C=O) groups excluding carboxylic acids is 1. The Morgan fingerprint density at radius 2 is 1.49 bits per heavy atom. The molecule has 0 bridgehead atoms. The van der Waals surface area contributed by atoms with Crippen molar-refractivity contribution in [2.45, 2.75) is 122 Å². The van der Waals surface area contributed by atoms with Crippen molar-refractivity contribution >= 4 is 27.5 Å². The number of rotatable bonds is 20. The van der Waals surface area contributed by atoms with E-state index in [1.807, 2.05) is 0 Å². The predicted octanol–water partition coefficient (Wildman–Crippen LogP) is 8.59. The highest BCUT2D eigenvalue weighted by atomic mass is 32.1. The molecule has 2 N–H and O–H groups in total. The van der Waals surface area contributed by atoms with Gasteiger partial charge in [-0.15, -0.1) is 10.2 Å². The van der Waals surface area contributed by atoms with Crippen molar-refractivity contribution in [1.29, 1.82) is 0 Å². The molecule has 2 heterocycles. The van der Waals surface area contributed by atoms with Gasteiger partial charge >= 0.3 is 0 Å². The zero-order chi connectivity index (χ0) is 27.4. The first kappa shape index (κ1) is 31.3. The van der Waals surface area contributed by atoms with Crippen LogP contribution in [-0.2, 0) is 11.3 Å². The van der Waals surface area contributed by atoms with Crippen molar-refractivity contribution in [2.24, 2.45) is 0 Å². The van der Waals surface area contributed by atoms with Gasteiger partial charge in [0.15, 0.2) is 0 Å². The summed E-state index contributed by atoms with van der Waals surface area (Å²) in [5, 5.41) is 16.3. The molecule has 1 amide bonds. The number of allylic oxidation sites excluding steroid dienone is 2. The van der Waals surface area contributed by atoms with Crippen LogP contribution in [0.2, 0.25) is 0 Å². The number of unbranched alkanes of at least 4 members (excludes halogenated alkanes) is 11. The minimum Gasteiger partial charge on any atom is -0.357 e. The van der Waals surface area contributed by atoms with Gasteiger partial charge in [-0.2, -0.15) is 0 Å². The standard InChI is InChI=1S/C32H51N5OS/c1-2-3-4-5-6-7-8-9-10-11-12-13-14-15-19-22-30(38)34-32-36-35-31(39-32)33-29-23-25-37(26-24-29)27-28-20-17-16-18-21-28/h9-10,16-18,20-21,29H,2-8,11-15,19,22-27H2,1H3,(H,33,35)(H,34,36,38)/b10-9+. The molecule has 2 aromatic rings. The largest absolute Gasteiger partial charge is 0.357 e. The third-order valence-electron chi connectivity index (χ3n) is 7.50. The van der Waals surface area contributed by atoms with Crippen LogP contribution in [0.15, 0.2) is 42.5 Å². The van der Waals surface area contributed by atoms with Crippen molar-refractivity contribution < 1.29 is 4.79 Å². The Labute approximate surface area is 241 Å². The van der Waals surface area contributed by atoms with Gasteiger partial charge in [-0.3, -0.25) is 9.69 Å². The second kappa shape index (κ2) is 19.8. The SMILES string of the molecule is CCCCCCCC/C=C/CCCCCCCC(=O)Nc1nnc(NC2CCN(Cc3ccccc3)CC2)s1. The number of aromatic nitrogens is 2. The number of benzene rings is 1. The molecule has 3 rings (SSSR count). The summed E-state index contributed by atoms with van der Waals surface area (Å²) in [5.74, 6) is 0.0459. The van der Waals surface area contributed by atoms with Crippen LogP contribution >= 0.6 is 11.3 Å². The Kier molecular flexibility index (Phi) is 15.8. The van der Waals surface area contributed by atoms with Crippen LogP contribution in [0, 0.1) is 0 Å².